The first kappa shape index (κ1) is 16.0. The Morgan fingerprint density at radius 3 is 2.90 bits per heavy atom. The lowest BCUT2D eigenvalue weighted by molar-refractivity contribution is -0.118. The maximum atomic E-state index is 11.5. The van der Waals surface area contributed by atoms with Gasteiger partial charge in [0.2, 0.25) is 5.91 Å². The number of hydrogen-bond acceptors (Lipinski definition) is 5. The summed E-state index contributed by atoms with van der Waals surface area (Å²) < 4.78 is 2.99. The Labute approximate surface area is 140 Å². The molecule has 0 unspecified atom stereocenters. The quantitative estimate of drug-likeness (QED) is 0.508. The van der Waals surface area contributed by atoms with E-state index in [1.54, 1.807) is 16.8 Å². The third-order valence-electron chi connectivity index (χ3n) is 2.31. The summed E-state index contributed by atoms with van der Waals surface area (Å²) in [5.41, 5.74) is 0.837. The average Bonchev–Trinajstić information content (AvgIpc) is 2.85. The van der Waals surface area contributed by atoms with E-state index in [1.807, 2.05) is 12.1 Å². The summed E-state index contributed by atoms with van der Waals surface area (Å²) >= 11 is 13.8. The molecule has 0 atom stereocenters. The molecule has 2 aromatic rings. The van der Waals surface area contributed by atoms with Crippen molar-refractivity contribution in [1.29, 1.82) is 0 Å². The monoisotopic (exact) mass is 355 g/mol. The van der Waals surface area contributed by atoms with Crippen LogP contribution in [0.4, 0.5) is 0 Å². The first-order chi connectivity index (χ1) is 10.1. The number of nitrogens with zero attached hydrogens (tertiary/aromatic N) is 2. The molecular formula is C13H10ClN3OS3. The highest BCUT2D eigenvalue weighted by Crippen LogP contribution is 2.24. The van der Waals surface area contributed by atoms with Crippen LogP contribution >= 0.6 is 46.9 Å². The van der Waals surface area contributed by atoms with Crippen LogP contribution in [0.25, 0.3) is 5.69 Å². The lowest BCUT2D eigenvalue weighted by Crippen LogP contribution is -2.25. The SMILES string of the molecule is C#CCNC(=O)CSc1nn(-c2ccc(Cl)cc2)c(=S)s1. The van der Waals surface area contributed by atoms with E-state index in [0.29, 0.717) is 8.98 Å². The van der Waals surface area contributed by atoms with Gasteiger partial charge in [-0.05, 0) is 36.5 Å². The average molecular weight is 356 g/mol. The van der Waals surface area contributed by atoms with E-state index in [4.69, 9.17) is 30.2 Å². The van der Waals surface area contributed by atoms with E-state index >= 15 is 0 Å². The Balaban J connectivity index is 2.06. The topological polar surface area (TPSA) is 46.9 Å². The molecule has 21 heavy (non-hydrogen) atoms. The summed E-state index contributed by atoms with van der Waals surface area (Å²) in [6.07, 6.45) is 5.07. The lowest BCUT2D eigenvalue weighted by atomic mass is 10.3. The minimum atomic E-state index is -0.128. The van der Waals surface area contributed by atoms with E-state index in [1.165, 1.54) is 23.1 Å². The molecule has 2 rings (SSSR count). The third-order valence-corrected chi connectivity index (χ3v) is 4.93. The van der Waals surface area contributed by atoms with Crippen molar-refractivity contribution in [2.45, 2.75) is 4.34 Å². The Morgan fingerprint density at radius 1 is 1.52 bits per heavy atom. The highest BCUT2D eigenvalue weighted by Gasteiger charge is 2.08. The molecule has 0 aliphatic heterocycles. The number of benzene rings is 1. The van der Waals surface area contributed by atoms with E-state index in [2.05, 4.69) is 16.3 Å². The maximum Gasteiger partial charge on any atom is 0.231 e. The summed E-state index contributed by atoms with van der Waals surface area (Å²) in [5, 5.41) is 7.64. The molecule has 0 aliphatic rings. The third kappa shape index (κ3) is 4.58. The zero-order valence-corrected chi connectivity index (χ0v) is 13.9. The number of carbonyl (C=O) groups is 1. The second kappa shape index (κ2) is 7.61. The normalized spacial score (nSPS) is 10.1. The summed E-state index contributed by atoms with van der Waals surface area (Å²) in [6.45, 7) is 0.230. The molecule has 0 saturated heterocycles. The number of halogens is 1. The van der Waals surface area contributed by atoms with Gasteiger partial charge < -0.3 is 5.32 Å². The Hall–Kier alpha value is -1.33. The Morgan fingerprint density at radius 2 is 2.24 bits per heavy atom. The molecule has 1 aromatic heterocycles. The first-order valence-corrected chi connectivity index (χ1v) is 8.38. The molecule has 0 saturated carbocycles. The molecule has 0 fully saturated rings. The van der Waals surface area contributed by atoms with Crippen molar-refractivity contribution in [3.8, 4) is 18.0 Å². The fraction of sp³-hybridized carbons (Fsp3) is 0.154. The van der Waals surface area contributed by atoms with E-state index in [0.717, 1.165) is 10.0 Å². The van der Waals surface area contributed by atoms with Gasteiger partial charge in [-0.1, -0.05) is 40.6 Å². The first-order valence-electron chi connectivity index (χ1n) is 5.79. The largest absolute Gasteiger partial charge is 0.344 e. The molecule has 8 heteroatoms. The molecule has 1 amide bonds. The van der Waals surface area contributed by atoms with Crippen molar-refractivity contribution in [2.75, 3.05) is 12.3 Å². The van der Waals surface area contributed by atoms with E-state index in [9.17, 15) is 4.79 Å². The van der Waals surface area contributed by atoms with Crippen molar-refractivity contribution in [2.24, 2.45) is 0 Å². The predicted molar refractivity (Wildman–Crippen MR) is 89.9 cm³/mol. The zero-order chi connectivity index (χ0) is 15.2. The second-order valence-electron chi connectivity index (χ2n) is 3.79. The predicted octanol–water partition coefficient (Wildman–Crippen LogP) is 3.16. The maximum absolute atomic E-state index is 11.5. The van der Waals surface area contributed by atoms with Gasteiger partial charge in [-0.3, -0.25) is 4.79 Å². The van der Waals surface area contributed by atoms with Gasteiger partial charge >= 0.3 is 0 Å². The number of terminal acetylenes is 1. The van der Waals surface area contributed by atoms with Gasteiger partial charge in [-0.2, -0.15) is 0 Å². The van der Waals surface area contributed by atoms with Gasteiger partial charge in [0.05, 0.1) is 18.0 Å². The summed E-state index contributed by atoms with van der Waals surface area (Å²) in [4.78, 5) is 11.5. The Bertz CT molecular complexity index is 730. The molecular weight excluding hydrogens is 346 g/mol. The zero-order valence-electron chi connectivity index (χ0n) is 10.7. The van der Waals surface area contributed by atoms with Crippen molar-refractivity contribution in [3.05, 3.63) is 33.2 Å². The fourth-order valence-electron chi connectivity index (χ4n) is 1.39. The van der Waals surface area contributed by atoms with Crippen LogP contribution in [-0.2, 0) is 4.79 Å². The minimum Gasteiger partial charge on any atom is -0.344 e. The number of amides is 1. The van der Waals surface area contributed by atoms with Crippen molar-refractivity contribution < 1.29 is 4.79 Å². The van der Waals surface area contributed by atoms with Crippen LogP contribution < -0.4 is 5.32 Å². The van der Waals surface area contributed by atoms with Crippen LogP contribution in [0.3, 0.4) is 0 Å². The summed E-state index contributed by atoms with van der Waals surface area (Å²) in [5.74, 6) is 2.48. The second-order valence-corrected chi connectivity index (χ2v) is 7.07. The van der Waals surface area contributed by atoms with Crippen molar-refractivity contribution in [1.82, 2.24) is 15.1 Å². The van der Waals surface area contributed by atoms with Gasteiger partial charge in [-0.15, -0.1) is 11.5 Å². The number of rotatable bonds is 5. The molecule has 0 radical (unpaired) electrons. The minimum absolute atomic E-state index is 0.128. The van der Waals surface area contributed by atoms with Crippen molar-refractivity contribution >= 4 is 52.8 Å². The molecule has 4 nitrogen and oxygen atoms in total. The van der Waals surface area contributed by atoms with Crippen LogP contribution in [0.5, 0.6) is 0 Å². The van der Waals surface area contributed by atoms with Crippen LogP contribution in [-0.4, -0.2) is 28.0 Å². The number of thioether (sulfide) groups is 1. The van der Waals surface area contributed by atoms with Crippen LogP contribution in [0.1, 0.15) is 0 Å². The molecule has 0 bridgehead atoms. The highest BCUT2D eigenvalue weighted by molar-refractivity contribution is 8.01. The fourth-order valence-corrected chi connectivity index (χ4v) is 3.71. The van der Waals surface area contributed by atoms with E-state index in [-0.39, 0.29) is 18.2 Å². The Kier molecular flexibility index (Phi) is 5.82. The number of aromatic nitrogens is 2. The van der Waals surface area contributed by atoms with Crippen molar-refractivity contribution in [3.63, 3.8) is 0 Å². The molecule has 0 aliphatic carbocycles. The number of carbonyl (C=O) groups excluding carboxylic acids is 1. The number of nitrogens with one attached hydrogen (secondary N) is 1. The lowest BCUT2D eigenvalue weighted by Gasteiger charge is -2.00. The van der Waals surface area contributed by atoms with Crippen LogP contribution in [0.2, 0.25) is 5.02 Å². The van der Waals surface area contributed by atoms with Crippen LogP contribution in [0, 0.1) is 16.3 Å². The highest BCUT2D eigenvalue weighted by atomic mass is 35.5. The van der Waals surface area contributed by atoms with Gasteiger partial charge in [0.1, 0.15) is 0 Å². The molecule has 1 heterocycles. The van der Waals surface area contributed by atoms with Gasteiger partial charge in [0, 0.05) is 5.02 Å². The molecule has 0 spiro atoms. The molecule has 1 N–H and O–H groups in total. The van der Waals surface area contributed by atoms with Gasteiger partial charge in [-0.25, -0.2) is 4.68 Å². The smallest absolute Gasteiger partial charge is 0.231 e. The van der Waals surface area contributed by atoms with E-state index < -0.39 is 0 Å². The molecule has 108 valence electrons. The molecule has 1 aromatic carbocycles. The van der Waals surface area contributed by atoms with Crippen LogP contribution in [0.15, 0.2) is 28.6 Å². The van der Waals surface area contributed by atoms with Gasteiger partial charge in [0.25, 0.3) is 0 Å². The number of hydrogen-bond donors (Lipinski definition) is 1. The summed E-state index contributed by atoms with van der Waals surface area (Å²) in [6, 6.07) is 7.23. The summed E-state index contributed by atoms with van der Waals surface area (Å²) in [7, 11) is 0. The standard InChI is InChI=1S/C13H10ClN3OS3/c1-2-7-15-11(18)8-20-12-16-17(13(19)21-12)10-5-3-9(14)4-6-10/h1,3-6H,7-8H2,(H,15,18). The van der Waals surface area contributed by atoms with Gasteiger partial charge in [0.15, 0.2) is 8.29 Å².